The molecule has 1 aromatic rings. The third-order valence-corrected chi connectivity index (χ3v) is 4.06. The van der Waals surface area contributed by atoms with Crippen molar-refractivity contribution in [2.24, 2.45) is 0 Å². The molecule has 2 aliphatic rings. The van der Waals surface area contributed by atoms with Gasteiger partial charge in [-0.1, -0.05) is 0 Å². The highest BCUT2D eigenvalue weighted by Crippen LogP contribution is 2.37. The van der Waals surface area contributed by atoms with Crippen molar-refractivity contribution < 1.29 is 9.53 Å². The van der Waals surface area contributed by atoms with Crippen LogP contribution in [0.2, 0.25) is 0 Å². The maximum atomic E-state index is 11.4. The number of rotatable bonds is 1. The average Bonchev–Trinajstić information content (AvgIpc) is 2.42. The van der Waals surface area contributed by atoms with Crippen molar-refractivity contribution in [1.29, 1.82) is 0 Å². The number of benzene rings is 1. The van der Waals surface area contributed by atoms with Gasteiger partial charge in [0, 0.05) is 31.7 Å². The molecule has 1 aromatic carbocycles. The van der Waals surface area contributed by atoms with Gasteiger partial charge in [-0.15, -0.1) is 0 Å². The highest BCUT2D eigenvalue weighted by Gasteiger charge is 2.24. The number of carbonyl (C=O) groups is 1. The summed E-state index contributed by atoms with van der Waals surface area (Å²) in [4.78, 5) is 16.0. The topological polar surface area (TPSA) is 70.8 Å². The summed E-state index contributed by atoms with van der Waals surface area (Å²) in [7, 11) is 2.13. The minimum Gasteiger partial charge on any atom is -0.482 e. The molecule has 108 valence electrons. The third kappa shape index (κ3) is 2.27. The molecule has 0 radical (unpaired) electrons. The van der Waals surface area contributed by atoms with Gasteiger partial charge in [-0.25, -0.2) is 0 Å². The lowest BCUT2D eigenvalue weighted by Gasteiger charge is -2.39. The van der Waals surface area contributed by atoms with Crippen LogP contribution in [0.25, 0.3) is 0 Å². The van der Waals surface area contributed by atoms with E-state index in [0.717, 1.165) is 25.3 Å². The number of anilines is 3. The van der Waals surface area contributed by atoms with Crippen molar-refractivity contribution in [3.63, 3.8) is 0 Å². The van der Waals surface area contributed by atoms with Crippen LogP contribution in [-0.4, -0.2) is 50.1 Å². The van der Waals surface area contributed by atoms with Gasteiger partial charge in [0.2, 0.25) is 0 Å². The monoisotopic (exact) mass is 276 g/mol. The number of carbonyl (C=O) groups excluding carboxylic acids is 1. The number of likely N-dealkylation sites (N-methyl/N-ethyl adjacent to an activating group) is 1. The lowest BCUT2D eigenvalue weighted by Crippen LogP contribution is -2.50. The van der Waals surface area contributed by atoms with Gasteiger partial charge in [0.1, 0.15) is 5.75 Å². The molecule has 20 heavy (non-hydrogen) atoms. The normalized spacial score (nSPS) is 23.0. The van der Waals surface area contributed by atoms with E-state index in [2.05, 4.69) is 29.1 Å². The largest absolute Gasteiger partial charge is 0.482 e. The van der Waals surface area contributed by atoms with Gasteiger partial charge >= 0.3 is 0 Å². The lowest BCUT2D eigenvalue weighted by atomic mass is 10.1. The van der Waals surface area contributed by atoms with Gasteiger partial charge in [0.05, 0.1) is 17.1 Å². The molecule has 1 fully saturated rings. The molecule has 0 saturated carbocycles. The summed E-state index contributed by atoms with van der Waals surface area (Å²) >= 11 is 0. The van der Waals surface area contributed by atoms with Crippen LogP contribution >= 0.6 is 0 Å². The Kier molecular flexibility index (Phi) is 3.17. The smallest absolute Gasteiger partial charge is 0.262 e. The Hall–Kier alpha value is -1.95. The second kappa shape index (κ2) is 4.86. The van der Waals surface area contributed by atoms with E-state index >= 15 is 0 Å². The summed E-state index contributed by atoms with van der Waals surface area (Å²) in [5.74, 6) is 0.521. The molecule has 6 heteroatoms. The Morgan fingerprint density at radius 3 is 2.95 bits per heavy atom. The van der Waals surface area contributed by atoms with Crippen molar-refractivity contribution in [1.82, 2.24) is 4.90 Å². The van der Waals surface area contributed by atoms with Gasteiger partial charge in [-0.3, -0.25) is 4.79 Å². The van der Waals surface area contributed by atoms with Crippen molar-refractivity contribution in [2.45, 2.75) is 13.0 Å². The number of hydrogen-bond donors (Lipinski definition) is 2. The van der Waals surface area contributed by atoms with Gasteiger partial charge in [-0.2, -0.15) is 0 Å². The zero-order valence-electron chi connectivity index (χ0n) is 11.8. The van der Waals surface area contributed by atoms with Gasteiger partial charge in [0.25, 0.3) is 5.91 Å². The molecule has 2 heterocycles. The van der Waals surface area contributed by atoms with Crippen molar-refractivity contribution >= 4 is 23.0 Å². The summed E-state index contributed by atoms with van der Waals surface area (Å²) in [6.45, 7) is 5.11. The minimum absolute atomic E-state index is 0.0529. The second-order valence-corrected chi connectivity index (χ2v) is 5.52. The molecule has 0 aliphatic carbocycles. The van der Waals surface area contributed by atoms with Crippen LogP contribution in [-0.2, 0) is 4.79 Å². The van der Waals surface area contributed by atoms with Crippen molar-refractivity contribution in [3.05, 3.63) is 12.1 Å². The number of nitrogens with zero attached hydrogens (tertiary/aromatic N) is 2. The second-order valence-electron chi connectivity index (χ2n) is 5.52. The first-order valence-electron chi connectivity index (χ1n) is 6.86. The first-order valence-corrected chi connectivity index (χ1v) is 6.86. The van der Waals surface area contributed by atoms with Crippen LogP contribution in [0.4, 0.5) is 17.1 Å². The number of amides is 1. The van der Waals surface area contributed by atoms with E-state index in [1.807, 2.05) is 6.07 Å². The van der Waals surface area contributed by atoms with E-state index in [0.29, 0.717) is 23.2 Å². The molecule has 6 nitrogen and oxygen atoms in total. The summed E-state index contributed by atoms with van der Waals surface area (Å²) in [6.07, 6.45) is 0. The predicted octanol–water partition coefficient (Wildman–Crippen LogP) is 0.740. The quantitative estimate of drug-likeness (QED) is 0.740. The number of nitrogens with one attached hydrogen (secondary N) is 1. The van der Waals surface area contributed by atoms with Gasteiger partial charge in [-0.05, 0) is 20.0 Å². The number of fused-ring (bicyclic) bond motifs is 1. The predicted molar refractivity (Wildman–Crippen MR) is 79.3 cm³/mol. The summed E-state index contributed by atoms with van der Waals surface area (Å²) in [5.41, 5.74) is 8.51. The molecule has 0 spiro atoms. The fourth-order valence-electron chi connectivity index (χ4n) is 2.67. The SMILES string of the molecule is CC1CN(c2cc3c(cc2N)OCC(=O)N3)CCN1C. The number of piperazine rings is 1. The Morgan fingerprint density at radius 2 is 2.20 bits per heavy atom. The van der Waals surface area contributed by atoms with E-state index < -0.39 is 0 Å². The zero-order valence-corrected chi connectivity index (χ0v) is 11.8. The molecule has 1 atom stereocenters. The third-order valence-electron chi connectivity index (χ3n) is 4.06. The van der Waals surface area contributed by atoms with Crippen LogP contribution in [0.3, 0.4) is 0 Å². The lowest BCUT2D eigenvalue weighted by molar-refractivity contribution is -0.118. The van der Waals surface area contributed by atoms with E-state index in [1.54, 1.807) is 6.07 Å². The van der Waals surface area contributed by atoms with Gasteiger partial charge in [0.15, 0.2) is 6.61 Å². The standard InChI is InChI=1S/C14H20N4O2/c1-9-7-18(4-3-17(9)2)12-6-11-13(5-10(12)15)20-8-14(19)16-11/h5-6,9H,3-4,7-8,15H2,1-2H3,(H,16,19). The number of hydrogen-bond acceptors (Lipinski definition) is 5. The van der Waals surface area contributed by atoms with Crippen molar-refractivity contribution in [2.75, 3.05) is 49.2 Å². The molecule has 2 aliphatic heterocycles. The molecule has 1 unspecified atom stereocenters. The maximum Gasteiger partial charge on any atom is 0.262 e. The summed E-state index contributed by atoms with van der Waals surface area (Å²) in [6, 6.07) is 4.19. The molecule has 0 aromatic heterocycles. The molecule has 3 N–H and O–H groups in total. The van der Waals surface area contributed by atoms with Crippen LogP contribution in [0.1, 0.15) is 6.92 Å². The van der Waals surface area contributed by atoms with Crippen LogP contribution < -0.4 is 20.7 Å². The highest BCUT2D eigenvalue weighted by atomic mass is 16.5. The van der Waals surface area contributed by atoms with Gasteiger partial charge < -0.3 is 25.6 Å². The van der Waals surface area contributed by atoms with E-state index in [-0.39, 0.29) is 12.5 Å². The average molecular weight is 276 g/mol. The number of nitrogens with two attached hydrogens (primary N) is 1. The highest BCUT2D eigenvalue weighted by molar-refractivity contribution is 5.97. The molecular formula is C14H20N4O2. The Labute approximate surface area is 118 Å². The minimum atomic E-state index is -0.125. The molecule has 3 rings (SSSR count). The number of nitrogen functional groups attached to an aromatic ring is 1. The molecule has 1 amide bonds. The first-order chi connectivity index (χ1) is 9.54. The zero-order chi connectivity index (χ0) is 14.3. The van der Waals surface area contributed by atoms with Crippen LogP contribution in [0.15, 0.2) is 12.1 Å². The first kappa shape index (κ1) is 13.1. The fourth-order valence-corrected chi connectivity index (χ4v) is 2.67. The number of ether oxygens (including phenoxy) is 1. The maximum absolute atomic E-state index is 11.4. The Balaban J connectivity index is 1.90. The van der Waals surface area contributed by atoms with E-state index in [9.17, 15) is 4.79 Å². The van der Waals surface area contributed by atoms with E-state index in [4.69, 9.17) is 10.5 Å². The summed E-state index contributed by atoms with van der Waals surface area (Å²) in [5, 5.41) is 2.83. The molecular weight excluding hydrogens is 256 g/mol. The Morgan fingerprint density at radius 1 is 1.40 bits per heavy atom. The molecule has 1 saturated heterocycles. The van der Waals surface area contributed by atoms with Crippen molar-refractivity contribution in [3.8, 4) is 5.75 Å². The molecule has 0 bridgehead atoms. The fraction of sp³-hybridized carbons (Fsp3) is 0.500. The van der Waals surface area contributed by atoms with E-state index in [1.165, 1.54) is 0 Å². The Bertz CT molecular complexity index is 546. The summed E-state index contributed by atoms with van der Waals surface area (Å²) < 4.78 is 5.38. The van der Waals surface area contributed by atoms with Crippen LogP contribution in [0, 0.1) is 0 Å². The van der Waals surface area contributed by atoms with Crippen LogP contribution in [0.5, 0.6) is 5.75 Å².